The Morgan fingerprint density at radius 1 is 1.03 bits per heavy atom. The molecule has 0 aliphatic heterocycles. The van der Waals surface area contributed by atoms with Gasteiger partial charge in [0.05, 0.1) is 24.5 Å². The maximum atomic E-state index is 12.7. The number of halogens is 1. The minimum Gasteiger partial charge on any atom is -0.380 e. The standard InChI is InChI=1S/C23H27ClN4O/c1-3-27(4-2)21(19-13-9-6-10-14-19)16-25-20-15-26-28(23(29)22(20)24)17-18-11-7-5-8-12-18/h5-15,21,25H,3-4,16-17H2,1-2H3/t21-/m1/s1. The summed E-state index contributed by atoms with van der Waals surface area (Å²) in [4.78, 5) is 15.0. The molecular formula is C23H27ClN4O. The van der Waals surface area contributed by atoms with Crippen molar-refractivity contribution in [2.24, 2.45) is 0 Å². The highest BCUT2D eigenvalue weighted by Gasteiger charge is 2.19. The minimum atomic E-state index is -0.292. The Hall–Kier alpha value is -2.63. The lowest BCUT2D eigenvalue weighted by Gasteiger charge is -2.30. The molecule has 0 fully saturated rings. The van der Waals surface area contributed by atoms with Crippen molar-refractivity contribution >= 4 is 17.3 Å². The predicted molar refractivity (Wildman–Crippen MR) is 120 cm³/mol. The zero-order valence-corrected chi connectivity index (χ0v) is 17.6. The molecule has 29 heavy (non-hydrogen) atoms. The zero-order valence-electron chi connectivity index (χ0n) is 16.9. The van der Waals surface area contributed by atoms with Gasteiger partial charge in [0.1, 0.15) is 5.02 Å². The Morgan fingerprint density at radius 3 is 2.28 bits per heavy atom. The molecule has 1 atom stereocenters. The molecule has 0 aliphatic rings. The second kappa shape index (κ2) is 10.2. The Kier molecular flexibility index (Phi) is 7.44. The van der Waals surface area contributed by atoms with Gasteiger partial charge in [-0.3, -0.25) is 9.69 Å². The largest absolute Gasteiger partial charge is 0.380 e. The highest BCUT2D eigenvalue weighted by Crippen LogP contribution is 2.23. The van der Waals surface area contributed by atoms with Crippen LogP contribution < -0.4 is 10.9 Å². The second-order valence-corrected chi connectivity index (χ2v) is 7.23. The average molecular weight is 411 g/mol. The maximum Gasteiger partial charge on any atom is 0.287 e. The van der Waals surface area contributed by atoms with Crippen molar-refractivity contribution in [2.75, 3.05) is 25.0 Å². The van der Waals surface area contributed by atoms with E-state index in [0.29, 0.717) is 18.8 Å². The Bertz CT molecular complexity index is 956. The van der Waals surface area contributed by atoms with Crippen LogP contribution in [0.2, 0.25) is 5.02 Å². The third-order valence-electron chi connectivity index (χ3n) is 5.08. The van der Waals surface area contributed by atoms with E-state index < -0.39 is 0 Å². The van der Waals surface area contributed by atoms with Crippen LogP contribution in [0.1, 0.15) is 31.0 Å². The number of rotatable bonds is 9. The van der Waals surface area contributed by atoms with Gasteiger partial charge in [-0.05, 0) is 24.2 Å². The molecule has 0 spiro atoms. The summed E-state index contributed by atoms with van der Waals surface area (Å²) in [5.74, 6) is 0. The first-order valence-electron chi connectivity index (χ1n) is 9.96. The van der Waals surface area contributed by atoms with Crippen LogP contribution in [-0.4, -0.2) is 34.3 Å². The summed E-state index contributed by atoms with van der Waals surface area (Å²) in [5.41, 5.74) is 2.50. The van der Waals surface area contributed by atoms with Crippen molar-refractivity contribution in [1.82, 2.24) is 14.7 Å². The van der Waals surface area contributed by atoms with Crippen LogP contribution in [0, 0.1) is 0 Å². The molecule has 1 N–H and O–H groups in total. The highest BCUT2D eigenvalue weighted by atomic mass is 35.5. The highest BCUT2D eigenvalue weighted by molar-refractivity contribution is 6.32. The SMILES string of the molecule is CCN(CC)[C@H](CNc1cnn(Cc2ccccc2)c(=O)c1Cl)c1ccccc1. The van der Waals surface area contributed by atoms with E-state index in [1.54, 1.807) is 6.20 Å². The van der Waals surface area contributed by atoms with Crippen LogP contribution in [-0.2, 0) is 6.54 Å². The van der Waals surface area contributed by atoms with Gasteiger partial charge >= 0.3 is 0 Å². The predicted octanol–water partition coefficient (Wildman–Crippen LogP) is 4.44. The van der Waals surface area contributed by atoms with Gasteiger partial charge in [-0.2, -0.15) is 5.10 Å². The number of anilines is 1. The number of hydrogen-bond acceptors (Lipinski definition) is 4. The molecule has 0 radical (unpaired) electrons. The molecular weight excluding hydrogens is 384 g/mol. The second-order valence-electron chi connectivity index (χ2n) is 6.85. The number of aromatic nitrogens is 2. The number of hydrogen-bond donors (Lipinski definition) is 1. The third kappa shape index (κ3) is 5.25. The molecule has 3 rings (SSSR count). The Morgan fingerprint density at radius 2 is 1.66 bits per heavy atom. The molecule has 5 nitrogen and oxygen atoms in total. The lowest BCUT2D eigenvalue weighted by atomic mass is 10.1. The molecule has 0 amide bonds. The zero-order chi connectivity index (χ0) is 20.6. The average Bonchev–Trinajstić information content (AvgIpc) is 2.77. The molecule has 2 aromatic carbocycles. The molecule has 0 aliphatic carbocycles. The molecule has 1 aromatic heterocycles. The van der Waals surface area contributed by atoms with Gasteiger partial charge < -0.3 is 5.32 Å². The summed E-state index contributed by atoms with van der Waals surface area (Å²) in [7, 11) is 0. The first kappa shape index (κ1) is 21.1. The van der Waals surface area contributed by atoms with E-state index in [-0.39, 0.29) is 16.6 Å². The van der Waals surface area contributed by atoms with E-state index in [2.05, 4.69) is 41.3 Å². The smallest absolute Gasteiger partial charge is 0.287 e. The molecule has 152 valence electrons. The molecule has 0 saturated heterocycles. The molecule has 6 heteroatoms. The number of likely N-dealkylation sites (N-methyl/N-ethyl adjacent to an activating group) is 1. The monoisotopic (exact) mass is 410 g/mol. The normalized spacial score (nSPS) is 12.1. The van der Waals surface area contributed by atoms with Crippen LogP contribution in [0.15, 0.2) is 71.7 Å². The van der Waals surface area contributed by atoms with Crippen molar-refractivity contribution in [1.29, 1.82) is 0 Å². The van der Waals surface area contributed by atoms with Gasteiger partial charge in [-0.15, -0.1) is 0 Å². The van der Waals surface area contributed by atoms with E-state index >= 15 is 0 Å². The van der Waals surface area contributed by atoms with E-state index in [1.165, 1.54) is 10.2 Å². The first-order valence-corrected chi connectivity index (χ1v) is 10.3. The molecule has 0 unspecified atom stereocenters. The van der Waals surface area contributed by atoms with Gasteiger partial charge in [0.15, 0.2) is 0 Å². The Balaban J connectivity index is 1.78. The van der Waals surface area contributed by atoms with Crippen LogP contribution >= 0.6 is 11.6 Å². The van der Waals surface area contributed by atoms with Crippen molar-refractivity contribution in [2.45, 2.75) is 26.4 Å². The molecule has 1 heterocycles. The lowest BCUT2D eigenvalue weighted by Crippen LogP contribution is -2.33. The fourth-order valence-corrected chi connectivity index (χ4v) is 3.67. The lowest BCUT2D eigenvalue weighted by molar-refractivity contribution is 0.228. The van der Waals surface area contributed by atoms with Crippen LogP contribution in [0.3, 0.4) is 0 Å². The fraction of sp³-hybridized carbons (Fsp3) is 0.304. The topological polar surface area (TPSA) is 50.2 Å². The van der Waals surface area contributed by atoms with E-state index in [1.807, 2.05) is 48.5 Å². The van der Waals surface area contributed by atoms with Crippen molar-refractivity contribution < 1.29 is 0 Å². The van der Waals surface area contributed by atoms with Gasteiger partial charge in [-0.1, -0.05) is 86.1 Å². The fourth-order valence-electron chi connectivity index (χ4n) is 3.46. The van der Waals surface area contributed by atoms with Crippen molar-refractivity contribution in [3.8, 4) is 0 Å². The number of nitrogens with zero attached hydrogens (tertiary/aromatic N) is 3. The number of nitrogens with one attached hydrogen (secondary N) is 1. The maximum absolute atomic E-state index is 12.7. The number of benzene rings is 2. The van der Waals surface area contributed by atoms with Gasteiger partial charge in [0.25, 0.3) is 5.56 Å². The Labute approximate surface area is 176 Å². The summed E-state index contributed by atoms with van der Waals surface area (Å²) >= 11 is 6.39. The first-order chi connectivity index (χ1) is 14.1. The minimum absolute atomic E-state index is 0.169. The molecule has 0 bridgehead atoms. The van der Waals surface area contributed by atoms with Gasteiger partial charge in [0, 0.05) is 6.54 Å². The van der Waals surface area contributed by atoms with E-state index in [9.17, 15) is 4.79 Å². The van der Waals surface area contributed by atoms with Crippen LogP contribution in [0.5, 0.6) is 0 Å². The van der Waals surface area contributed by atoms with Crippen molar-refractivity contribution in [3.05, 3.63) is 93.4 Å². The van der Waals surface area contributed by atoms with E-state index in [4.69, 9.17) is 11.6 Å². The summed E-state index contributed by atoms with van der Waals surface area (Å²) in [5, 5.41) is 7.83. The molecule has 0 saturated carbocycles. The van der Waals surface area contributed by atoms with Crippen LogP contribution in [0.4, 0.5) is 5.69 Å². The summed E-state index contributed by atoms with van der Waals surface area (Å²) in [6, 6.07) is 20.3. The summed E-state index contributed by atoms with van der Waals surface area (Å²) < 4.78 is 1.39. The van der Waals surface area contributed by atoms with Crippen molar-refractivity contribution in [3.63, 3.8) is 0 Å². The quantitative estimate of drug-likeness (QED) is 0.566. The molecule has 3 aromatic rings. The van der Waals surface area contributed by atoms with E-state index in [0.717, 1.165) is 18.7 Å². The van der Waals surface area contributed by atoms with Gasteiger partial charge in [-0.25, -0.2) is 4.68 Å². The summed E-state index contributed by atoms with van der Waals surface area (Å²) in [6.45, 7) is 7.20. The summed E-state index contributed by atoms with van der Waals surface area (Å²) in [6.07, 6.45) is 1.64. The third-order valence-corrected chi connectivity index (χ3v) is 5.45. The van der Waals surface area contributed by atoms with Crippen LogP contribution in [0.25, 0.3) is 0 Å². The van der Waals surface area contributed by atoms with Gasteiger partial charge in [0.2, 0.25) is 0 Å².